The maximum absolute atomic E-state index is 13.2. The zero-order valence-electron chi connectivity index (χ0n) is 33.1. The van der Waals surface area contributed by atoms with Crippen molar-refractivity contribution in [2.45, 2.75) is 32.0 Å². The number of pyridine rings is 2. The molecule has 0 saturated carbocycles. The lowest BCUT2D eigenvalue weighted by molar-refractivity contribution is -0.138. The summed E-state index contributed by atoms with van der Waals surface area (Å²) in [4.78, 5) is 74.9. The average molecular weight is 845 g/mol. The lowest BCUT2D eigenvalue weighted by atomic mass is 10.0. The summed E-state index contributed by atoms with van der Waals surface area (Å²) in [5.41, 5.74) is 3.04. The van der Waals surface area contributed by atoms with E-state index in [1.165, 1.54) is 18.3 Å². The van der Waals surface area contributed by atoms with E-state index in [2.05, 4.69) is 36.1 Å². The highest BCUT2D eigenvalue weighted by molar-refractivity contribution is 6.23. The van der Waals surface area contributed by atoms with Gasteiger partial charge in [0.15, 0.2) is 0 Å². The van der Waals surface area contributed by atoms with Crippen LogP contribution in [0.4, 0.5) is 30.2 Å². The van der Waals surface area contributed by atoms with Crippen LogP contribution in [-0.2, 0) is 25.2 Å². The monoisotopic (exact) mass is 844 g/mol. The van der Waals surface area contributed by atoms with Gasteiger partial charge in [0.25, 0.3) is 17.7 Å². The second-order valence-corrected chi connectivity index (χ2v) is 14.4. The van der Waals surface area contributed by atoms with Crippen LogP contribution < -0.4 is 30.9 Å². The third kappa shape index (κ3) is 10.1. The normalized spacial score (nSPS) is 16.7. The standard InChI is InChI=1S/C42H43F3N8O8/c1-25-32(22-30(24-48-25)50-37(55)26-3-2-4-28(19-26)42(43,44)45)27-20-35(52-12-15-60-16-13-52)39(49-23-27)61-18-17-59-14-11-46-9-10-47-29-5-6-31-33(21-29)41(58)53(40(31)57)34-7-8-36(54)51-38(34)56/h2-6,19-24,34,46-47H,7-18H2,1H3,(H,50,55)(H,51,54,56). The van der Waals surface area contributed by atoms with E-state index in [0.29, 0.717) is 93.2 Å². The van der Waals surface area contributed by atoms with Crippen molar-refractivity contribution >= 4 is 46.6 Å². The van der Waals surface area contributed by atoms with Crippen LogP contribution in [0.2, 0.25) is 0 Å². The second-order valence-electron chi connectivity index (χ2n) is 14.4. The Balaban J connectivity index is 0.871. The van der Waals surface area contributed by atoms with Crippen molar-refractivity contribution < 1.29 is 51.4 Å². The molecule has 0 aliphatic carbocycles. The number of nitrogens with zero attached hydrogens (tertiary/aromatic N) is 4. The molecule has 7 rings (SSSR count). The number of anilines is 3. The molecular weight excluding hydrogens is 802 g/mol. The Kier molecular flexibility index (Phi) is 13.2. The molecule has 2 aromatic carbocycles. The average Bonchev–Trinajstić information content (AvgIpc) is 3.49. The first-order chi connectivity index (χ1) is 29.4. The number of hydrogen-bond donors (Lipinski definition) is 4. The maximum Gasteiger partial charge on any atom is 0.416 e. The van der Waals surface area contributed by atoms with Gasteiger partial charge in [-0.1, -0.05) is 6.07 Å². The Morgan fingerprint density at radius 2 is 1.67 bits per heavy atom. The molecule has 2 saturated heterocycles. The minimum Gasteiger partial charge on any atom is -0.474 e. The van der Waals surface area contributed by atoms with Crippen molar-refractivity contribution in [2.75, 3.05) is 81.3 Å². The van der Waals surface area contributed by atoms with Crippen LogP contribution >= 0.6 is 0 Å². The first kappa shape index (κ1) is 42.7. The van der Waals surface area contributed by atoms with E-state index in [4.69, 9.17) is 14.2 Å². The molecule has 3 aliphatic heterocycles. The second kappa shape index (κ2) is 18.9. The number of aromatic nitrogens is 2. The molecule has 1 unspecified atom stereocenters. The molecule has 3 aliphatic rings. The number of morpholine rings is 1. The Morgan fingerprint density at radius 1 is 0.885 bits per heavy atom. The molecular formula is C42H43F3N8O8. The summed E-state index contributed by atoms with van der Waals surface area (Å²) in [6.07, 6.45) is -1.36. The number of piperidine rings is 1. The quantitative estimate of drug-likeness (QED) is 0.0934. The molecule has 1 atom stereocenters. The number of imide groups is 2. The number of fused-ring (bicyclic) bond motifs is 1. The summed E-state index contributed by atoms with van der Waals surface area (Å²) in [7, 11) is 0. The van der Waals surface area contributed by atoms with E-state index in [1.54, 1.807) is 37.4 Å². The molecule has 4 N–H and O–H groups in total. The predicted molar refractivity (Wildman–Crippen MR) is 215 cm³/mol. The summed E-state index contributed by atoms with van der Waals surface area (Å²) in [6.45, 7) is 6.63. The zero-order valence-corrected chi connectivity index (χ0v) is 33.1. The first-order valence-corrected chi connectivity index (χ1v) is 19.7. The highest BCUT2D eigenvalue weighted by atomic mass is 19.4. The van der Waals surface area contributed by atoms with E-state index in [9.17, 15) is 37.1 Å². The summed E-state index contributed by atoms with van der Waals surface area (Å²) in [5.74, 6) is -2.51. The van der Waals surface area contributed by atoms with Gasteiger partial charge >= 0.3 is 6.18 Å². The largest absolute Gasteiger partial charge is 0.474 e. The van der Waals surface area contributed by atoms with Crippen LogP contribution in [0.3, 0.4) is 0 Å². The van der Waals surface area contributed by atoms with Crippen LogP contribution in [0.25, 0.3) is 11.1 Å². The summed E-state index contributed by atoms with van der Waals surface area (Å²) >= 11 is 0. The molecule has 2 fully saturated rings. The van der Waals surface area contributed by atoms with E-state index >= 15 is 0 Å². The minimum atomic E-state index is -4.58. The number of carbonyl (C=O) groups is 5. The van der Waals surface area contributed by atoms with Gasteiger partial charge in [-0.15, -0.1) is 0 Å². The fourth-order valence-electron chi connectivity index (χ4n) is 7.11. The Labute approximate surface area is 348 Å². The van der Waals surface area contributed by atoms with Gasteiger partial charge in [-0.25, -0.2) is 4.98 Å². The van der Waals surface area contributed by atoms with Crippen molar-refractivity contribution in [2.24, 2.45) is 0 Å². The molecule has 61 heavy (non-hydrogen) atoms. The molecule has 5 heterocycles. The number of hydrogen-bond acceptors (Lipinski definition) is 13. The van der Waals surface area contributed by atoms with Crippen LogP contribution in [-0.4, -0.2) is 116 Å². The van der Waals surface area contributed by atoms with Crippen LogP contribution in [0.15, 0.2) is 67.0 Å². The number of halogens is 3. The van der Waals surface area contributed by atoms with Gasteiger partial charge in [0.05, 0.1) is 55.0 Å². The molecule has 0 bridgehead atoms. The minimum absolute atomic E-state index is 0.0519. The Hall–Kier alpha value is -6.44. The number of nitrogens with one attached hydrogen (secondary N) is 4. The van der Waals surface area contributed by atoms with E-state index in [-0.39, 0.29) is 36.1 Å². The fraction of sp³-hybridized carbons (Fsp3) is 0.357. The number of carbonyl (C=O) groups excluding carboxylic acids is 5. The van der Waals surface area contributed by atoms with E-state index in [1.807, 2.05) is 6.07 Å². The van der Waals surface area contributed by atoms with Crippen molar-refractivity contribution in [3.05, 3.63) is 94.9 Å². The van der Waals surface area contributed by atoms with Gasteiger partial charge in [0, 0.05) is 73.4 Å². The third-order valence-corrected chi connectivity index (χ3v) is 10.3. The van der Waals surface area contributed by atoms with Gasteiger partial charge in [0.2, 0.25) is 17.7 Å². The summed E-state index contributed by atoms with van der Waals surface area (Å²) in [5, 5.41) is 11.3. The van der Waals surface area contributed by atoms with E-state index in [0.717, 1.165) is 22.7 Å². The molecule has 320 valence electrons. The summed E-state index contributed by atoms with van der Waals surface area (Å²) < 4.78 is 57.1. The Bertz CT molecular complexity index is 2320. The molecule has 5 amide bonds. The lowest BCUT2D eigenvalue weighted by Crippen LogP contribution is -2.54. The molecule has 4 aromatic rings. The number of benzene rings is 2. The first-order valence-electron chi connectivity index (χ1n) is 19.7. The third-order valence-electron chi connectivity index (χ3n) is 10.3. The van der Waals surface area contributed by atoms with Crippen LogP contribution in [0, 0.1) is 6.92 Å². The lowest BCUT2D eigenvalue weighted by Gasteiger charge is -2.30. The van der Waals surface area contributed by atoms with Crippen LogP contribution in [0.5, 0.6) is 5.88 Å². The number of amides is 5. The highest BCUT2D eigenvalue weighted by Gasteiger charge is 2.44. The van der Waals surface area contributed by atoms with Gasteiger partial charge in [-0.2, -0.15) is 13.2 Å². The number of aryl methyl sites for hydroxylation is 1. The molecule has 19 heteroatoms. The molecule has 2 aromatic heterocycles. The SMILES string of the molecule is Cc1ncc(NC(=O)c2cccc(C(F)(F)F)c2)cc1-c1cnc(OCCOCCNCCNc2ccc3c(c2)C(=O)N(C2CCC(=O)NC2=O)C3=O)c(N2CCOCC2)c1. The van der Waals surface area contributed by atoms with Gasteiger partial charge < -0.3 is 35.1 Å². The van der Waals surface area contributed by atoms with Gasteiger partial charge in [0.1, 0.15) is 18.3 Å². The number of alkyl halides is 3. The predicted octanol–water partition coefficient (Wildman–Crippen LogP) is 4.06. The zero-order chi connectivity index (χ0) is 43.1. The fourth-order valence-corrected chi connectivity index (χ4v) is 7.11. The smallest absolute Gasteiger partial charge is 0.416 e. The molecule has 0 spiro atoms. The Morgan fingerprint density at radius 3 is 2.46 bits per heavy atom. The van der Waals surface area contributed by atoms with Crippen LogP contribution in [0.1, 0.15) is 55.2 Å². The highest BCUT2D eigenvalue weighted by Crippen LogP contribution is 2.35. The van der Waals surface area contributed by atoms with Gasteiger partial charge in [-0.05, 0) is 61.9 Å². The topological polar surface area (TPSA) is 193 Å². The number of ether oxygens (including phenoxy) is 3. The summed E-state index contributed by atoms with van der Waals surface area (Å²) in [6, 6.07) is 11.6. The van der Waals surface area contributed by atoms with Crippen molar-refractivity contribution in [3.63, 3.8) is 0 Å². The molecule has 0 radical (unpaired) electrons. The van der Waals surface area contributed by atoms with E-state index < -0.39 is 47.3 Å². The molecule has 16 nitrogen and oxygen atoms in total. The number of rotatable bonds is 16. The van der Waals surface area contributed by atoms with Crippen molar-refractivity contribution in [1.82, 2.24) is 25.5 Å². The van der Waals surface area contributed by atoms with Crippen molar-refractivity contribution in [3.8, 4) is 17.0 Å². The van der Waals surface area contributed by atoms with Gasteiger partial charge in [-0.3, -0.25) is 39.2 Å². The van der Waals surface area contributed by atoms with Crippen molar-refractivity contribution in [1.29, 1.82) is 0 Å². The maximum atomic E-state index is 13.2.